The summed E-state index contributed by atoms with van der Waals surface area (Å²) in [5, 5.41) is 0. The highest BCUT2D eigenvalue weighted by Gasteiger charge is 2.46. The molecule has 1 rings (SSSR count). The second kappa shape index (κ2) is 9.57. The molecule has 0 aliphatic heterocycles. The third-order valence-corrected chi connectivity index (χ3v) is 9.21. The van der Waals surface area contributed by atoms with Crippen LogP contribution < -0.4 is 0 Å². The van der Waals surface area contributed by atoms with Crippen LogP contribution in [0.25, 0.3) is 0 Å². The van der Waals surface area contributed by atoms with E-state index in [4.69, 9.17) is 17.7 Å². The molecular formula is C20H44O4P2Si4. The van der Waals surface area contributed by atoms with E-state index in [-0.39, 0.29) is 0 Å². The smallest absolute Gasteiger partial charge is 0.189 e. The highest BCUT2D eigenvalue weighted by atomic mass is 31.0. The number of hydrogen-bond donors (Lipinski definition) is 0. The Balaban J connectivity index is 3.75. The normalized spacial score (nSPS) is 14.9. The maximum absolute atomic E-state index is 6.70. The lowest BCUT2D eigenvalue weighted by Gasteiger charge is -2.46. The first-order valence-electron chi connectivity index (χ1n) is 10.5. The van der Waals surface area contributed by atoms with Gasteiger partial charge in [-0.3, -0.25) is 0 Å². The van der Waals surface area contributed by atoms with Crippen molar-refractivity contribution in [3.8, 4) is 0 Å². The lowest BCUT2D eigenvalue weighted by molar-refractivity contribution is -0.0713. The molecule has 0 radical (unpaired) electrons. The van der Waals surface area contributed by atoms with Gasteiger partial charge in [-0.15, -0.1) is 0 Å². The Kier molecular flexibility index (Phi) is 9.19. The van der Waals surface area contributed by atoms with Crippen molar-refractivity contribution in [3.05, 3.63) is 35.4 Å². The highest BCUT2D eigenvalue weighted by molar-refractivity contribution is 7.19. The summed E-state index contributed by atoms with van der Waals surface area (Å²) in [7, 11) is -2.02. The zero-order valence-electron chi connectivity index (χ0n) is 21.1. The monoisotopic (exact) mass is 522 g/mol. The third-order valence-electron chi connectivity index (χ3n) is 3.51. The van der Waals surface area contributed by atoms with Gasteiger partial charge in [-0.1, -0.05) is 42.7 Å². The highest BCUT2D eigenvalue weighted by Crippen LogP contribution is 2.48. The van der Waals surface area contributed by atoms with Gasteiger partial charge in [-0.05, 0) is 78.6 Å². The summed E-state index contributed by atoms with van der Waals surface area (Å²) in [5.41, 5.74) is 0.00969. The van der Waals surface area contributed by atoms with E-state index in [0.717, 1.165) is 11.1 Å². The van der Waals surface area contributed by atoms with Crippen LogP contribution in [-0.2, 0) is 28.8 Å². The number of rotatable bonds is 10. The van der Waals surface area contributed by atoms with Crippen molar-refractivity contribution in [2.45, 2.75) is 89.6 Å². The minimum absolute atomic E-state index is 0.945. The van der Waals surface area contributed by atoms with Crippen LogP contribution in [-0.4, -0.2) is 33.3 Å². The molecule has 0 fully saturated rings. The van der Waals surface area contributed by atoms with Crippen LogP contribution in [0.1, 0.15) is 11.1 Å². The van der Waals surface area contributed by atoms with Crippen LogP contribution >= 0.6 is 18.5 Å². The zero-order valence-corrected chi connectivity index (χ0v) is 27.4. The fourth-order valence-electron chi connectivity index (χ4n) is 3.17. The van der Waals surface area contributed by atoms with Gasteiger partial charge in [0.25, 0.3) is 0 Å². The van der Waals surface area contributed by atoms with Crippen LogP contribution in [0.5, 0.6) is 0 Å². The molecule has 0 spiro atoms. The molecular weight excluding hydrogens is 479 g/mol. The quantitative estimate of drug-likeness (QED) is 0.187. The van der Waals surface area contributed by atoms with Gasteiger partial charge in [-0.2, -0.15) is 0 Å². The van der Waals surface area contributed by atoms with Crippen molar-refractivity contribution in [3.63, 3.8) is 0 Å². The molecule has 0 heterocycles. The van der Waals surface area contributed by atoms with Crippen LogP contribution in [0.4, 0.5) is 0 Å². The number of hydrogen-bond acceptors (Lipinski definition) is 4. The molecule has 0 saturated carbocycles. The van der Waals surface area contributed by atoms with Gasteiger partial charge < -0.3 is 17.7 Å². The molecule has 0 N–H and O–H groups in total. The van der Waals surface area contributed by atoms with Gasteiger partial charge in [0.1, 0.15) is 0 Å². The first-order valence-corrected chi connectivity index (χ1v) is 25.3. The molecule has 0 aliphatic rings. The molecule has 2 unspecified atom stereocenters. The first-order chi connectivity index (χ1) is 13.1. The molecule has 0 amide bonds. The third kappa shape index (κ3) is 9.73. The summed E-state index contributed by atoms with van der Waals surface area (Å²) in [4.78, 5) is 0. The fourth-order valence-corrected chi connectivity index (χ4v) is 12.3. The second-order valence-electron chi connectivity index (χ2n) is 11.7. The molecule has 1 aromatic carbocycles. The molecule has 174 valence electrons. The molecule has 4 nitrogen and oxygen atoms in total. The van der Waals surface area contributed by atoms with Gasteiger partial charge >= 0.3 is 0 Å². The van der Waals surface area contributed by atoms with Crippen LogP contribution in [0.3, 0.4) is 0 Å². The van der Waals surface area contributed by atoms with Gasteiger partial charge in [0.15, 0.2) is 44.3 Å². The van der Waals surface area contributed by atoms with Gasteiger partial charge in [0.2, 0.25) is 0 Å². The minimum Gasteiger partial charge on any atom is -0.385 e. The molecule has 0 aromatic heterocycles. The average Bonchev–Trinajstić information content (AvgIpc) is 2.38. The van der Waals surface area contributed by atoms with Crippen LogP contribution in [0.2, 0.25) is 78.6 Å². The molecule has 10 heteroatoms. The number of benzene rings is 1. The summed E-state index contributed by atoms with van der Waals surface area (Å²) in [6.45, 7) is 26.3. The van der Waals surface area contributed by atoms with E-state index in [9.17, 15) is 0 Å². The maximum Gasteiger partial charge on any atom is 0.189 e. The zero-order chi connectivity index (χ0) is 23.8. The van der Waals surface area contributed by atoms with Crippen molar-refractivity contribution in [1.82, 2.24) is 0 Å². The minimum atomic E-state index is -1.95. The SMILES string of the molecule is C[Si](C)(C)OC(P)(O[Si](C)(C)C)c1ccccc1C(P)(O[Si](C)(C)C)O[Si](C)(C)C. The van der Waals surface area contributed by atoms with E-state index >= 15 is 0 Å². The van der Waals surface area contributed by atoms with E-state index in [0.29, 0.717) is 0 Å². The predicted octanol–water partition coefficient (Wildman–Crippen LogP) is 7.06. The Labute approximate surface area is 194 Å². The van der Waals surface area contributed by atoms with E-state index in [1.165, 1.54) is 0 Å². The van der Waals surface area contributed by atoms with E-state index in [1.807, 2.05) is 12.1 Å². The standard InChI is InChI=1S/C20H44O4P2Si4/c1-27(2,3)21-19(25,22-28(4,5)6)17-15-13-14-16-18(17)20(26,23-29(7,8)9)24-30(10,11)12/h13-16H,25-26H2,1-12H3. The van der Waals surface area contributed by atoms with E-state index < -0.39 is 44.3 Å². The fraction of sp³-hybridized carbons (Fsp3) is 0.700. The van der Waals surface area contributed by atoms with Gasteiger partial charge in [0, 0.05) is 11.1 Å². The van der Waals surface area contributed by atoms with Gasteiger partial charge in [0.05, 0.1) is 0 Å². The Morgan fingerprint density at radius 2 is 0.700 bits per heavy atom. The Morgan fingerprint density at radius 1 is 0.500 bits per heavy atom. The largest absolute Gasteiger partial charge is 0.385 e. The van der Waals surface area contributed by atoms with Crippen molar-refractivity contribution < 1.29 is 17.7 Å². The lowest BCUT2D eigenvalue weighted by atomic mass is 10.1. The van der Waals surface area contributed by atoms with Crippen molar-refractivity contribution >= 4 is 51.7 Å². The maximum atomic E-state index is 6.70. The lowest BCUT2D eigenvalue weighted by Crippen LogP contribution is -2.48. The molecule has 1 aromatic rings. The summed E-state index contributed by atoms with van der Waals surface area (Å²) in [5.74, 6) is 0. The molecule has 0 aliphatic carbocycles. The summed E-state index contributed by atoms with van der Waals surface area (Å²) in [6.07, 6.45) is 0. The molecule has 0 saturated heterocycles. The van der Waals surface area contributed by atoms with E-state index in [1.54, 1.807) is 0 Å². The van der Waals surface area contributed by atoms with Gasteiger partial charge in [-0.25, -0.2) is 0 Å². The average molecular weight is 523 g/mol. The topological polar surface area (TPSA) is 36.9 Å². The first kappa shape index (κ1) is 28.8. The molecule has 0 bridgehead atoms. The Bertz CT molecular complexity index is 626. The van der Waals surface area contributed by atoms with E-state index in [2.05, 4.69) is 109 Å². The van der Waals surface area contributed by atoms with Crippen molar-refractivity contribution in [2.75, 3.05) is 0 Å². The molecule has 30 heavy (non-hydrogen) atoms. The summed E-state index contributed by atoms with van der Waals surface area (Å²) < 4.78 is 26.8. The van der Waals surface area contributed by atoms with Crippen LogP contribution in [0, 0.1) is 0 Å². The van der Waals surface area contributed by atoms with Crippen LogP contribution in [0.15, 0.2) is 24.3 Å². The molecule has 2 atom stereocenters. The summed E-state index contributed by atoms with van der Waals surface area (Å²) in [6, 6.07) is 8.24. The Hall–Kier alpha value is 0.788. The second-order valence-corrected chi connectivity index (χ2v) is 31.0. The Morgan fingerprint density at radius 3 is 0.867 bits per heavy atom. The van der Waals surface area contributed by atoms with Crippen molar-refractivity contribution in [1.29, 1.82) is 0 Å². The predicted molar refractivity (Wildman–Crippen MR) is 147 cm³/mol. The van der Waals surface area contributed by atoms with Crippen molar-refractivity contribution in [2.24, 2.45) is 0 Å². The summed E-state index contributed by atoms with van der Waals surface area (Å²) >= 11 is 0.